The molecule has 4 nitrogen and oxygen atoms in total. The van der Waals surface area contributed by atoms with Gasteiger partial charge in [-0.05, 0) is 12.8 Å². The number of amides is 1. The summed E-state index contributed by atoms with van der Waals surface area (Å²) in [5.41, 5.74) is 0. The number of ether oxygens (including phenoxy) is 1. The van der Waals surface area contributed by atoms with Crippen LogP contribution < -0.4 is 0 Å². The molecule has 1 amide bonds. The van der Waals surface area contributed by atoms with E-state index in [9.17, 15) is 9.90 Å². The molecule has 1 saturated heterocycles. The van der Waals surface area contributed by atoms with E-state index in [0.29, 0.717) is 13.2 Å². The molecule has 0 bridgehead atoms. The molecular formula is C9H15NO3. The number of nitrogens with zero attached hydrogens (tertiary/aromatic N) is 1. The summed E-state index contributed by atoms with van der Waals surface area (Å²) in [7, 11) is 0. The van der Waals surface area contributed by atoms with Gasteiger partial charge in [-0.3, -0.25) is 4.90 Å². The van der Waals surface area contributed by atoms with E-state index in [2.05, 4.69) is 0 Å². The Morgan fingerprint density at radius 2 is 2.15 bits per heavy atom. The van der Waals surface area contributed by atoms with Gasteiger partial charge in [-0.15, -0.1) is 0 Å². The Balaban J connectivity index is 2.01. The van der Waals surface area contributed by atoms with Crippen molar-refractivity contribution in [3.63, 3.8) is 0 Å². The van der Waals surface area contributed by atoms with Crippen LogP contribution in [0.15, 0.2) is 0 Å². The summed E-state index contributed by atoms with van der Waals surface area (Å²) < 4.78 is 4.84. The van der Waals surface area contributed by atoms with E-state index in [-0.39, 0.29) is 18.2 Å². The van der Waals surface area contributed by atoms with Crippen molar-refractivity contribution in [1.82, 2.24) is 4.90 Å². The van der Waals surface area contributed by atoms with Gasteiger partial charge in [0.2, 0.25) is 0 Å². The van der Waals surface area contributed by atoms with E-state index in [1.165, 1.54) is 0 Å². The zero-order valence-corrected chi connectivity index (χ0v) is 7.61. The largest absolute Gasteiger partial charge is 0.448 e. The van der Waals surface area contributed by atoms with Crippen molar-refractivity contribution < 1.29 is 14.6 Å². The molecule has 2 rings (SSSR count). The van der Waals surface area contributed by atoms with Crippen LogP contribution >= 0.6 is 0 Å². The lowest BCUT2D eigenvalue weighted by Crippen LogP contribution is -2.45. The highest BCUT2D eigenvalue weighted by atomic mass is 16.6. The topological polar surface area (TPSA) is 49.8 Å². The first-order valence-corrected chi connectivity index (χ1v) is 4.90. The van der Waals surface area contributed by atoms with Gasteiger partial charge in [-0.25, -0.2) is 4.79 Å². The van der Waals surface area contributed by atoms with Crippen LogP contribution in [0.3, 0.4) is 0 Å². The number of hydrogen-bond donors (Lipinski definition) is 1. The Labute approximate surface area is 77.5 Å². The first-order chi connectivity index (χ1) is 6.29. The van der Waals surface area contributed by atoms with Gasteiger partial charge in [0.15, 0.2) is 0 Å². The Bertz CT molecular complexity index is 207. The highest BCUT2D eigenvalue weighted by Crippen LogP contribution is 2.25. The number of rotatable bonds is 1. The van der Waals surface area contributed by atoms with Crippen LogP contribution in [0.4, 0.5) is 4.79 Å². The molecule has 1 heterocycles. The zero-order valence-electron chi connectivity index (χ0n) is 7.61. The number of carbonyl (C=O) groups is 1. The average Bonchev–Trinajstić information content (AvgIpc) is 2.52. The lowest BCUT2D eigenvalue weighted by molar-refractivity contribution is 0.0407. The lowest BCUT2D eigenvalue weighted by atomic mass is 9.92. The molecule has 13 heavy (non-hydrogen) atoms. The normalized spacial score (nSPS) is 34.8. The second kappa shape index (κ2) is 3.54. The van der Waals surface area contributed by atoms with E-state index < -0.39 is 0 Å². The minimum atomic E-state index is -0.348. The second-order valence-electron chi connectivity index (χ2n) is 3.73. The maximum atomic E-state index is 11.2. The highest BCUT2D eigenvalue weighted by Gasteiger charge is 2.35. The van der Waals surface area contributed by atoms with E-state index in [4.69, 9.17) is 4.74 Å². The van der Waals surface area contributed by atoms with Gasteiger partial charge in [0, 0.05) is 0 Å². The third-order valence-electron chi connectivity index (χ3n) is 2.89. The number of hydrogen-bond acceptors (Lipinski definition) is 3. The minimum Gasteiger partial charge on any atom is -0.448 e. The second-order valence-corrected chi connectivity index (χ2v) is 3.73. The molecule has 2 atom stereocenters. The van der Waals surface area contributed by atoms with Gasteiger partial charge in [0.25, 0.3) is 0 Å². The molecule has 2 unspecified atom stereocenters. The molecule has 74 valence electrons. The first-order valence-electron chi connectivity index (χ1n) is 4.90. The quantitative estimate of drug-likeness (QED) is 0.655. The summed E-state index contributed by atoms with van der Waals surface area (Å²) >= 11 is 0. The van der Waals surface area contributed by atoms with Crippen molar-refractivity contribution in [2.45, 2.75) is 37.8 Å². The van der Waals surface area contributed by atoms with Gasteiger partial charge in [-0.2, -0.15) is 0 Å². The molecule has 0 aromatic heterocycles. The van der Waals surface area contributed by atoms with E-state index in [0.717, 1.165) is 25.7 Å². The molecule has 0 radical (unpaired) electrons. The smallest absolute Gasteiger partial charge is 0.410 e. The Hall–Kier alpha value is -0.770. The zero-order chi connectivity index (χ0) is 9.26. The van der Waals surface area contributed by atoms with Crippen LogP contribution in [-0.2, 0) is 4.74 Å². The Morgan fingerprint density at radius 1 is 1.38 bits per heavy atom. The predicted octanol–water partition coefficient (Wildman–Crippen LogP) is 0.742. The van der Waals surface area contributed by atoms with Crippen molar-refractivity contribution in [3.05, 3.63) is 0 Å². The third kappa shape index (κ3) is 1.63. The maximum absolute atomic E-state index is 11.2. The molecule has 0 aromatic carbocycles. The molecule has 2 aliphatic rings. The van der Waals surface area contributed by atoms with E-state index in [1.54, 1.807) is 4.90 Å². The lowest BCUT2D eigenvalue weighted by Gasteiger charge is -2.33. The van der Waals surface area contributed by atoms with Crippen molar-refractivity contribution in [3.8, 4) is 0 Å². The molecule has 1 aliphatic carbocycles. The Kier molecular flexibility index (Phi) is 2.40. The molecule has 0 spiro atoms. The molecule has 1 saturated carbocycles. The van der Waals surface area contributed by atoms with Crippen LogP contribution in [0, 0.1) is 0 Å². The summed E-state index contributed by atoms with van der Waals surface area (Å²) in [6.07, 6.45) is 3.29. The molecule has 4 heteroatoms. The molecule has 0 aromatic rings. The molecule has 1 N–H and O–H groups in total. The van der Waals surface area contributed by atoms with Crippen LogP contribution in [0.1, 0.15) is 25.7 Å². The SMILES string of the molecule is O=C1OCCN1C1CCCCC1O. The molecule has 2 fully saturated rings. The molecule has 1 aliphatic heterocycles. The fourth-order valence-corrected chi connectivity index (χ4v) is 2.16. The summed E-state index contributed by atoms with van der Waals surface area (Å²) in [5, 5.41) is 9.70. The third-order valence-corrected chi connectivity index (χ3v) is 2.89. The van der Waals surface area contributed by atoms with Crippen LogP contribution in [0.2, 0.25) is 0 Å². The van der Waals surface area contributed by atoms with Crippen molar-refractivity contribution in [1.29, 1.82) is 0 Å². The maximum Gasteiger partial charge on any atom is 0.410 e. The van der Waals surface area contributed by atoms with E-state index in [1.807, 2.05) is 0 Å². The number of aliphatic hydroxyl groups excluding tert-OH is 1. The fourth-order valence-electron chi connectivity index (χ4n) is 2.16. The van der Waals surface area contributed by atoms with Crippen molar-refractivity contribution in [2.75, 3.05) is 13.2 Å². The number of carbonyl (C=O) groups excluding carboxylic acids is 1. The average molecular weight is 185 g/mol. The summed E-state index contributed by atoms with van der Waals surface area (Å²) in [5.74, 6) is 0. The fraction of sp³-hybridized carbons (Fsp3) is 0.889. The van der Waals surface area contributed by atoms with Gasteiger partial charge in [0.05, 0.1) is 18.7 Å². The summed E-state index contributed by atoms with van der Waals surface area (Å²) in [6.45, 7) is 1.11. The highest BCUT2D eigenvalue weighted by molar-refractivity contribution is 5.69. The van der Waals surface area contributed by atoms with Crippen LogP contribution in [-0.4, -0.2) is 41.4 Å². The van der Waals surface area contributed by atoms with E-state index >= 15 is 0 Å². The van der Waals surface area contributed by atoms with Gasteiger partial charge >= 0.3 is 6.09 Å². The van der Waals surface area contributed by atoms with Crippen LogP contribution in [0.25, 0.3) is 0 Å². The summed E-state index contributed by atoms with van der Waals surface area (Å²) in [6, 6.07) is 0.00347. The van der Waals surface area contributed by atoms with Crippen LogP contribution in [0.5, 0.6) is 0 Å². The predicted molar refractivity (Wildman–Crippen MR) is 46.3 cm³/mol. The van der Waals surface area contributed by atoms with Gasteiger partial charge < -0.3 is 9.84 Å². The standard InChI is InChI=1S/C9H15NO3/c11-8-4-2-1-3-7(8)10-5-6-13-9(10)12/h7-8,11H,1-6H2. The van der Waals surface area contributed by atoms with Crippen molar-refractivity contribution >= 4 is 6.09 Å². The van der Waals surface area contributed by atoms with Gasteiger partial charge in [-0.1, -0.05) is 12.8 Å². The number of aliphatic hydroxyl groups is 1. The minimum absolute atomic E-state index is 0.00347. The first kappa shape index (κ1) is 8.81. The number of cyclic esters (lactones) is 1. The monoisotopic (exact) mass is 185 g/mol. The molecular weight excluding hydrogens is 170 g/mol. The van der Waals surface area contributed by atoms with Gasteiger partial charge in [0.1, 0.15) is 6.61 Å². The van der Waals surface area contributed by atoms with Crippen molar-refractivity contribution in [2.24, 2.45) is 0 Å². The Morgan fingerprint density at radius 3 is 2.77 bits per heavy atom. The summed E-state index contributed by atoms with van der Waals surface area (Å²) in [4.78, 5) is 12.9.